The zero-order chi connectivity index (χ0) is 22.0. The summed E-state index contributed by atoms with van der Waals surface area (Å²) in [6, 6.07) is 19.2. The molecule has 1 fully saturated rings. The van der Waals surface area contributed by atoms with Crippen molar-refractivity contribution in [2.75, 3.05) is 4.90 Å². The van der Waals surface area contributed by atoms with Crippen molar-refractivity contribution in [2.24, 2.45) is 0 Å². The molecule has 0 radical (unpaired) electrons. The number of nitrogens with zero attached hydrogens (tertiary/aromatic N) is 1. The van der Waals surface area contributed by atoms with Crippen LogP contribution in [0.25, 0.3) is 6.08 Å². The van der Waals surface area contributed by atoms with Crippen molar-refractivity contribution in [3.05, 3.63) is 97.8 Å². The molecule has 2 amide bonds. The van der Waals surface area contributed by atoms with Gasteiger partial charge in [0, 0.05) is 10.6 Å². The second-order valence-electron chi connectivity index (χ2n) is 6.57. The molecule has 4 rings (SSSR count). The van der Waals surface area contributed by atoms with Gasteiger partial charge in [0.25, 0.3) is 11.1 Å². The summed E-state index contributed by atoms with van der Waals surface area (Å²) >= 11 is 18.9. The van der Waals surface area contributed by atoms with Crippen molar-refractivity contribution in [2.45, 2.75) is 6.61 Å². The highest BCUT2D eigenvalue weighted by atomic mass is 35.5. The summed E-state index contributed by atoms with van der Waals surface area (Å²) in [4.78, 5) is 26.8. The van der Waals surface area contributed by atoms with E-state index in [1.807, 2.05) is 24.3 Å². The van der Waals surface area contributed by atoms with Gasteiger partial charge >= 0.3 is 0 Å². The topological polar surface area (TPSA) is 46.6 Å². The fraction of sp³-hybridized carbons (Fsp3) is 0.0435. The van der Waals surface area contributed by atoms with Crippen molar-refractivity contribution in [1.29, 1.82) is 0 Å². The van der Waals surface area contributed by atoms with Gasteiger partial charge < -0.3 is 4.74 Å². The Labute approximate surface area is 198 Å². The number of benzene rings is 3. The fourth-order valence-corrected chi connectivity index (χ4v) is 4.31. The lowest BCUT2D eigenvalue weighted by atomic mass is 10.1. The minimum absolute atomic E-state index is 0.270. The van der Waals surface area contributed by atoms with Crippen LogP contribution in [0.4, 0.5) is 10.5 Å². The molecule has 1 heterocycles. The van der Waals surface area contributed by atoms with Crippen LogP contribution in [0, 0.1) is 0 Å². The number of carbonyl (C=O) groups excluding carboxylic acids is 2. The number of halogens is 3. The largest absolute Gasteiger partial charge is 0.488 e. The lowest BCUT2D eigenvalue weighted by Gasteiger charge is -2.12. The van der Waals surface area contributed by atoms with E-state index in [0.29, 0.717) is 37.0 Å². The van der Waals surface area contributed by atoms with Crippen molar-refractivity contribution < 1.29 is 14.3 Å². The third-order valence-corrected chi connectivity index (χ3v) is 6.29. The summed E-state index contributed by atoms with van der Waals surface area (Å²) in [5.41, 5.74) is 1.96. The Morgan fingerprint density at radius 3 is 2.48 bits per heavy atom. The van der Waals surface area contributed by atoms with Gasteiger partial charge in [-0.2, -0.15) is 0 Å². The number of amides is 2. The second kappa shape index (κ2) is 9.37. The number of rotatable bonds is 5. The van der Waals surface area contributed by atoms with Crippen LogP contribution in [-0.4, -0.2) is 11.1 Å². The third kappa shape index (κ3) is 4.91. The van der Waals surface area contributed by atoms with E-state index in [2.05, 4.69) is 0 Å². The van der Waals surface area contributed by atoms with E-state index in [1.165, 1.54) is 0 Å². The Balaban J connectivity index is 1.57. The van der Waals surface area contributed by atoms with Gasteiger partial charge in [-0.1, -0.05) is 65.1 Å². The number of ether oxygens (including phenoxy) is 1. The molecule has 0 bridgehead atoms. The molecule has 4 nitrogen and oxygen atoms in total. The zero-order valence-corrected chi connectivity index (χ0v) is 18.9. The third-order valence-electron chi connectivity index (χ3n) is 4.44. The van der Waals surface area contributed by atoms with Crippen LogP contribution in [0.1, 0.15) is 11.1 Å². The van der Waals surface area contributed by atoms with Crippen LogP contribution in [0.5, 0.6) is 5.75 Å². The molecule has 8 heteroatoms. The molecule has 0 spiro atoms. The molecule has 0 unspecified atom stereocenters. The van der Waals surface area contributed by atoms with Gasteiger partial charge in [0.2, 0.25) is 0 Å². The molecule has 1 saturated heterocycles. The molecular weight excluding hydrogens is 477 g/mol. The Kier molecular flexibility index (Phi) is 6.58. The van der Waals surface area contributed by atoms with Gasteiger partial charge in [0.15, 0.2) is 0 Å². The van der Waals surface area contributed by atoms with E-state index in [4.69, 9.17) is 39.5 Å². The molecule has 3 aromatic rings. The van der Waals surface area contributed by atoms with Crippen LogP contribution in [0.2, 0.25) is 15.1 Å². The molecule has 0 atom stereocenters. The van der Waals surface area contributed by atoms with Gasteiger partial charge in [-0.15, -0.1) is 0 Å². The molecule has 1 aliphatic rings. The van der Waals surface area contributed by atoms with Gasteiger partial charge in [-0.05, 0) is 59.8 Å². The molecule has 0 aliphatic carbocycles. The first-order valence-corrected chi connectivity index (χ1v) is 11.1. The summed E-state index contributed by atoms with van der Waals surface area (Å²) in [7, 11) is 0. The van der Waals surface area contributed by atoms with E-state index in [1.54, 1.807) is 48.5 Å². The van der Waals surface area contributed by atoms with Crippen LogP contribution < -0.4 is 9.64 Å². The van der Waals surface area contributed by atoms with Crippen molar-refractivity contribution in [3.8, 4) is 5.75 Å². The molecule has 0 saturated carbocycles. The maximum atomic E-state index is 12.9. The maximum absolute atomic E-state index is 12.9. The Bertz CT molecular complexity index is 1210. The summed E-state index contributed by atoms with van der Waals surface area (Å²) in [6.07, 6.45) is 1.65. The fourth-order valence-electron chi connectivity index (χ4n) is 2.97. The summed E-state index contributed by atoms with van der Waals surface area (Å²) in [5, 5.41) is 0.987. The smallest absolute Gasteiger partial charge is 0.298 e. The first kappa shape index (κ1) is 21.8. The van der Waals surface area contributed by atoms with Crippen LogP contribution in [0.15, 0.2) is 71.6 Å². The molecule has 3 aromatic carbocycles. The lowest BCUT2D eigenvalue weighted by molar-refractivity contribution is -0.113. The molecule has 0 N–H and O–H groups in total. The molecule has 1 aliphatic heterocycles. The van der Waals surface area contributed by atoms with Crippen molar-refractivity contribution in [3.63, 3.8) is 0 Å². The molecule has 31 heavy (non-hydrogen) atoms. The average Bonchev–Trinajstić information content (AvgIpc) is 3.02. The second-order valence-corrected chi connectivity index (χ2v) is 8.82. The predicted octanol–water partition coefficient (Wildman–Crippen LogP) is 7.47. The van der Waals surface area contributed by atoms with Gasteiger partial charge in [-0.3, -0.25) is 9.59 Å². The number of thioether (sulfide) groups is 1. The average molecular weight is 491 g/mol. The number of imide groups is 1. The van der Waals surface area contributed by atoms with E-state index < -0.39 is 5.91 Å². The predicted molar refractivity (Wildman–Crippen MR) is 127 cm³/mol. The van der Waals surface area contributed by atoms with E-state index in [9.17, 15) is 9.59 Å². The van der Waals surface area contributed by atoms with Gasteiger partial charge in [-0.25, -0.2) is 4.90 Å². The summed E-state index contributed by atoms with van der Waals surface area (Å²) < 4.78 is 5.93. The summed E-state index contributed by atoms with van der Waals surface area (Å²) in [6.45, 7) is 0.270. The zero-order valence-electron chi connectivity index (χ0n) is 15.8. The van der Waals surface area contributed by atoms with E-state index >= 15 is 0 Å². The summed E-state index contributed by atoms with van der Waals surface area (Å²) in [5.74, 6) is 0.166. The van der Waals surface area contributed by atoms with Crippen LogP contribution in [0.3, 0.4) is 0 Å². The van der Waals surface area contributed by atoms with E-state index in [0.717, 1.165) is 22.2 Å². The van der Waals surface area contributed by atoms with Crippen LogP contribution in [-0.2, 0) is 11.4 Å². The number of para-hydroxylation sites is 1. The number of hydrogen-bond donors (Lipinski definition) is 0. The SMILES string of the molecule is O=C1S/C(=C/c2ccccc2OCc2ccc(Cl)c(Cl)c2)C(=O)N1c1cccc(Cl)c1. The maximum Gasteiger partial charge on any atom is 0.298 e. The highest BCUT2D eigenvalue weighted by molar-refractivity contribution is 8.19. The normalized spacial score (nSPS) is 15.1. The Hall–Kier alpha value is -2.44. The standard InChI is InChI=1S/C23H14Cl3NO3S/c24-16-5-3-6-17(12-16)27-22(28)21(31-23(27)29)11-15-4-1-2-7-20(15)30-13-14-8-9-18(25)19(26)10-14/h1-12H,13H2/b21-11+. The highest BCUT2D eigenvalue weighted by Gasteiger charge is 2.36. The molecular formula is C23H14Cl3NO3S. The molecule has 0 aromatic heterocycles. The Morgan fingerprint density at radius 1 is 0.903 bits per heavy atom. The number of hydrogen-bond acceptors (Lipinski definition) is 4. The van der Waals surface area contributed by atoms with Crippen LogP contribution >= 0.6 is 46.6 Å². The Morgan fingerprint density at radius 2 is 1.71 bits per heavy atom. The molecule has 156 valence electrons. The monoisotopic (exact) mass is 489 g/mol. The minimum Gasteiger partial charge on any atom is -0.488 e. The van der Waals surface area contributed by atoms with Gasteiger partial charge in [0.1, 0.15) is 12.4 Å². The first-order valence-electron chi connectivity index (χ1n) is 9.11. The first-order chi connectivity index (χ1) is 14.9. The van der Waals surface area contributed by atoms with E-state index in [-0.39, 0.29) is 11.8 Å². The van der Waals surface area contributed by atoms with Gasteiger partial charge in [0.05, 0.1) is 20.6 Å². The highest BCUT2D eigenvalue weighted by Crippen LogP contribution is 2.37. The number of anilines is 1. The minimum atomic E-state index is -0.406. The van der Waals surface area contributed by atoms with Crippen molar-refractivity contribution in [1.82, 2.24) is 0 Å². The quantitative estimate of drug-likeness (QED) is 0.348. The number of carbonyl (C=O) groups is 2. The van der Waals surface area contributed by atoms with Crippen molar-refractivity contribution >= 4 is 69.5 Å². The lowest BCUT2D eigenvalue weighted by Crippen LogP contribution is -2.27.